The van der Waals surface area contributed by atoms with E-state index in [-0.39, 0.29) is 53.2 Å². The molecule has 3 saturated carbocycles. The monoisotopic (exact) mass is 468 g/mol. The third-order valence-corrected chi connectivity index (χ3v) is 11.0. The highest BCUT2D eigenvalue weighted by Crippen LogP contribution is 2.71. The molecule has 6 nitrogen and oxygen atoms in total. The first-order valence-electron chi connectivity index (χ1n) is 12.8. The lowest BCUT2D eigenvalue weighted by molar-refractivity contribution is -0.178. The first-order valence-corrected chi connectivity index (χ1v) is 12.8. The van der Waals surface area contributed by atoms with Crippen molar-refractivity contribution in [1.29, 1.82) is 0 Å². The molecule has 6 heteroatoms. The number of aliphatic hydroxyl groups is 2. The fraction of sp³-hybridized carbons (Fsp3) is 0.714. The molecule has 0 aromatic rings. The van der Waals surface area contributed by atoms with Crippen LogP contribution in [-0.2, 0) is 19.1 Å². The minimum atomic E-state index is -1.15. The summed E-state index contributed by atoms with van der Waals surface area (Å²) in [6.07, 6.45) is 5.45. The summed E-state index contributed by atoms with van der Waals surface area (Å²) in [4.78, 5) is 25.7. The van der Waals surface area contributed by atoms with E-state index in [9.17, 15) is 19.8 Å². The van der Waals surface area contributed by atoms with E-state index < -0.39 is 17.1 Å². The van der Waals surface area contributed by atoms with Gasteiger partial charge in [-0.25, -0.2) is 4.79 Å². The van der Waals surface area contributed by atoms with Crippen molar-refractivity contribution in [2.45, 2.75) is 96.7 Å². The fourth-order valence-corrected chi connectivity index (χ4v) is 8.81. The van der Waals surface area contributed by atoms with E-state index in [2.05, 4.69) is 6.92 Å². The van der Waals surface area contributed by atoms with E-state index in [1.807, 2.05) is 20.8 Å². The van der Waals surface area contributed by atoms with Gasteiger partial charge in [0.05, 0.1) is 17.6 Å². The summed E-state index contributed by atoms with van der Waals surface area (Å²) in [6, 6.07) is 0. The number of esters is 1. The van der Waals surface area contributed by atoms with Gasteiger partial charge >= 0.3 is 5.97 Å². The maximum atomic E-state index is 13.3. The van der Waals surface area contributed by atoms with Crippen molar-refractivity contribution in [2.24, 2.45) is 28.6 Å². The summed E-state index contributed by atoms with van der Waals surface area (Å²) in [5.74, 6) is 0.0142. The molecule has 4 fully saturated rings. The third-order valence-electron chi connectivity index (χ3n) is 11.0. The number of hydrogen-bond donors (Lipinski definition) is 2. The smallest absolute Gasteiger partial charge is 0.334 e. The zero-order chi connectivity index (χ0) is 24.4. The van der Waals surface area contributed by atoms with E-state index >= 15 is 0 Å². The summed E-state index contributed by atoms with van der Waals surface area (Å²) >= 11 is 0. The maximum absolute atomic E-state index is 13.3. The predicted molar refractivity (Wildman–Crippen MR) is 124 cm³/mol. The Morgan fingerprint density at radius 1 is 1.18 bits per heavy atom. The average Bonchev–Trinajstić information content (AvgIpc) is 3.53. The number of ketones is 1. The molecule has 0 bridgehead atoms. The highest BCUT2D eigenvalue weighted by molar-refractivity contribution is 5.97. The summed E-state index contributed by atoms with van der Waals surface area (Å²) < 4.78 is 12.0. The number of fused-ring (bicyclic) bond motifs is 8. The minimum absolute atomic E-state index is 0.00560. The molecular weight excluding hydrogens is 432 g/mol. The molecule has 184 valence electrons. The van der Waals surface area contributed by atoms with Gasteiger partial charge < -0.3 is 19.7 Å². The molecule has 0 radical (unpaired) electrons. The number of rotatable bonds is 1. The Kier molecular flexibility index (Phi) is 4.62. The van der Waals surface area contributed by atoms with E-state index in [4.69, 9.17) is 9.47 Å². The number of aliphatic hydroxyl groups excluding tert-OH is 1. The second-order valence-electron chi connectivity index (χ2n) is 12.2. The highest BCUT2D eigenvalue weighted by atomic mass is 16.6. The zero-order valence-electron chi connectivity index (χ0n) is 20.8. The van der Waals surface area contributed by atoms with Gasteiger partial charge in [0, 0.05) is 12.0 Å². The van der Waals surface area contributed by atoms with Gasteiger partial charge in [-0.3, -0.25) is 4.79 Å². The van der Waals surface area contributed by atoms with Gasteiger partial charge in [-0.05, 0) is 93.8 Å². The predicted octanol–water partition coefficient (Wildman–Crippen LogP) is 3.42. The van der Waals surface area contributed by atoms with Crippen molar-refractivity contribution in [3.8, 4) is 0 Å². The molecule has 6 aliphatic rings. The molecule has 34 heavy (non-hydrogen) atoms. The SMILES string of the molecule is CC1=C(C)C(=O)O[C@@H](/C(C)=C2\[C@@H](O)C[C@H]3[C@@H]4[C@@H]5O[C@@H]5[C@@]5(O)CC=CC(=O)[C@]5(C)[C@H]4CC[C@]23C)C1. The zero-order valence-corrected chi connectivity index (χ0v) is 20.8. The number of ether oxygens (including phenoxy) is 2. The second kappa shape index (κ2) is 6.92. The molecule has 0 aromatic heterocycles. The summed E-state index contributed by atoms with van der Waals surface area (Å²) in [5, 5.41) is 23.1. The van der Waals surface area contributed by atoms with Gasteiger partial charge in [-0.1, -0.05) is 18.6 Å². The molecule has 0 aromatic carbocycles. The Balaban J connectivity index is 1.39. The number of cyclic esters (lactones) is 1. The normalized spacial score (nSPS) is 53.0. The van der Waals surface area contributed by atoms with E-state index in [1.165, 1.54) is 0 Å². The van der Waals surface area contributed by atoms with E-state index in [0.717, 1.165) is 29.6 Å². The largest absolute Gasteiger partial charge is 0.454 e. The van der Waals surface area contributed by atoms with Crippen molar-refractivity contribution < 1.29 is 29.3 Å². The lowest BCUT2D eigenvalue weighted by Crippen LogP contribution is -2.67. The van der Waals surface area contributed by atoms with Gasteiger partial charge in [-0.15, -0.1) is 0 Å². The number of epoxide rings is 1. The quantitative estimate of drug-likeness (QED) is 0.348. The Bertz CT molecular complexity index is 1080. The molecule has 0 amide bonds. The summed E-state index contributed by atoms with van der Waals surface area (Å²) in [5.41, 5.74) is 1.43. The molecular formula is C28H36O6. The van der Waals surface area contributed by atoms with Gasteiger partial charge in [0.25, 0.3) is 0 Å². The average molecular weight is 469 g/mol. The molecule has 10 atom stereocenters. The summed E-state index contributed by atoms with van der Waals surface area (Å²) in [6.45, 7) is 9.98. The fourth-order valence-electron chi connectivity index (χ4n) is 8.81. The number of hydrogen-bond acceptors (Lipinski definition) is 6. The van der Waals surface area contributed by atoms with Gasteiger partial charge in [0.1, 0.15) is 17.8 Å². The first-order chi connectivity index (χ1) is 15.9. The molecule has 2 N–H and O–H groups in total. The topological polar surface area (TPSA) is 96.4 Å². The van der Waals surface area contributed by atoms with Crippen molar-refractivity contribution >= 4 is 11.8 Å². The number of allylic oxidation sites excluding steroid dienone is 1. The van der Waals surface area contributed by atoms with Crippen LogP contribution in [0.4, 0.5) is 0 Å². The van der Waals surface area contributed by atoms with Crippen molar-refractivity contribution in [1.82, 2.24) is 0 Å². The van der Waals surface area contributed by atoms with Crippen LogP contribution in [-0.4, -0.2) is 52.0 Å². The van der Waals surface area contributed by atoms with Crippen molar-refractivity contribution in [3.05, 3.63) is 34.4 Å². The van der Waals surface area contributed by atoms with Crippen LogP contribution in [0.25, 0.3) is 0 Å². The van der Waals surface area contributed by atoms with Crippen LogP contribution in [0.3, 0.4) is 0 Å². The Morgan fingerprint density at radius 2 is 1.91 bits per heavy atom. The lowest BCUT2D eigenvalue weighted by Gasteiger charge is -2.59. The standard InChI is InChI=1S/C28H36O6/c1-13-11-19(33-25(31)14(13)2)15(3)22-18(29)12-17-21-16(8-10-26(17,22)4)27(5)20(30)7-6-9-28(27,32)24-23(21)34-24/h6-7,16-19,21,23-24,29,32H,8-12H2,1-5H3/b22-15+/t16-,17-,18-,19+,21+,23-,24-,26-,27-,28-/m0/s1. The maximum Gasteiger partial charge on any atom is 0.334 e. The number of carbonyl (C=O) groups is 2. The Hall–Kier alpha value is -1.76. The lowest BCUT2D eigenvalue weighted by atomic mass is 9.44. The van der Waals surface area contributed by atoms with Gasteiger partial charge in [0.15, 0.2) is 5.78 Å². The van der Waals surface area contributed by atoms with Crippen LogP contribution in [0.15, 0.2) is 34.4 Å². The Morgan fingerprint density at radius 3 is 2.62 bits per heavy atom. The van der Waals surface area contributed by atoms with Crippen LogP contribution in [0, 0.1) is 28.6 Å². The van der Waals surface area contributed by atoms with Crippen LogP contribution in [0.2, 0.25) is 0 Å². The van der Waals surface area contributed by atoms with Crippen molar-refractivity contribution in [3.63, 3.8) is 0 Å². The van der Waals surface area contributed by atoms with E-state index in [1.54, 1.807) is 19.1 Å². The molecule has 4 aliphatic carbocycles. The highest BCUT2D eigenvalue weighted by Gasteiger charge is 2.77. The summed E-state index contributed by atoms with van der Waals surface area (Å²) in [7, 11) is 0. The first kappa shape index (κ1) is 22.7. The third kappa shape index (κ3) is 2.57. The number of carbonyl (C=O) groups excluding carboxylic acids is 2. The molecule has 1 saturated heterocycles. The van der Waals surface area contributed by atoms with Crippen molar-refractivity contribution in [2.75, 3.05) is 0 Å². The molecule has 2 heterocycles. The Labute approximate surface area is 201 Å². The van der Waals surface area contributed by atoms with Crippen LogP contribution in [0.1, 0.15) is 66.7 Å². The minimum Gasteiger partial charge on any atom is -0.454 e. The van der Waals surface area contributed by atoms with Crippen LogP contribution < -0.4 is 0 Å². The van der Waals surface area contributed by atoms with Gasteiger partial charge in [-0.2, -0.15) is 0 Å². The van der Waals surface area contributed by atoms with E-state index in [0.29, 0.717) is 24.8 Å². The van der Waals surface area contributed by atoms with Crippen LogP contribution in [0.5, 0.6) is 0 Å². The van der Waals surface area contributed by atoms with Crippen LogP contribution >= 0.6 is 0 Å². The molecule has 0 unspecified atom stereocenters. The molecule has 0 spiro atoms. The second-order valence-corrected chi connectivity index (χ2v) is 12.2. The molecule has 6 rings (SSSR count). The molecule has 2 aliphatic heterocycles. The van der Waals surface area contributed by atoms with Gasteiger partial charge in [0.2, 0.25) is 0 Å².